The van der Waals surface area contributed by atoms with E-state index >= 15 is 0 Å². The van der Waals surface area contributed by atoms with Crippen LogP contribution >= 0.6 is 19.2 Å². The van der Waals surface area contributed by atoms with Crippen molar-refractivity contribution >= 4 is 19.2 Å². The lowest BCUT2D eigenvalue weighted by Gasteiger charge is -2.27. The molecule has 0 saturated heterocycles. The van der Waals surface area contributed by atoms with Gasteiger partial charge < -0.3 is 25.0 Å². The third-order valence-electron chi connectivity index (χ3n) is 6.34. The number of aryl methyl sites for hydroxylation is 1. The first kappa shape index (κ1) is 24.0. The first-order valence-corrected chi connectivity index (χ1v) is 13.4. The fraction of sp³-hybridized carbons (Fsp3) is 0.591. The van der Waals surface area contributed by atoms with Crippen LogP contribution in [0.5, 0.6) is 0 Å². The smallest absolute Gasteiger partial charge is 0.375 e. The summed E-state index contributed by atoms with van der Waals surface area (Å²) >= 11 is 1.59. The maximum absolute atomic E-state index is 11.0. The third-order valence-corrected chi connectivity index (χ3v) is 7.56. The molecule has 1 aromatic heterocycles. The number of aromatic nitrogens is 1. The van der Waals surface area contributed by atoms with Gasteiger partial charge in [0, 0.05) is 17.1 Å². The van der Waals surface area contributed by atoms with Crippen LogP contribution in [0.3, 0.4) is 0 Å². The van der Waals surface area contributed by atoms with Crippen LogP contribution in [0.1, 0.15) is 53.3 Å². The molecule has 1 heterocycles. The van der Waals surface area contributed by atoms with Crippen molar-refractivity contribution in [3.05, 3.63) is 51.5 Å². The summed E-state index contributed by atoms with van der Waals surface area (Å²) in [6, 6.07) is 6.64. The van der Waals surface area contributed by atoms with E-state index in [1.54, 1.807) is 17.5 Å². The zero-order valence-corrected chi connectivity index (χ0v) is 19.7. The van der Waals surface area contributed by atoms with Gasteiger partial charge in [0.05, 0.1) is 32.5 Å². The molecule has 4 N–H and O–H groups in total. The highest BCUT2D eigenvalue weighted by molar-refractivity contribution is 7.46. The fourth-order valence-corrected chi connectivity index (χ4v) is 5.66. The Kier molecular flexibility index (Phi) is 7.80. The Morgan fingerprint density at radius 1 is 1.25 bits per heavy atom. The average molecular weight is 483 g/mol. The second kappa shape index (κ2) is 10.4. The molecular weight excluding hydrogens is 451 g/mol. The van der Waals surface area contributed by atoms with Crippen LogP contribution in [0.2, 0.25) is 0 Å². The molecule has 1 aromatic carbocycles. The summed E-state index contributed by atoms with van der Waals surface area (Å²) in [5.74, 6) is 0.287. The Balaban J connectivity index is 1.24. The van der Waals surface area contributed by atoms with Crippen LogP contribution in [0.4, 0.5) is 0 Å². The van der Waals surface area contributed by atoms with Gasteiger partial charge in [-0.1, -0.05) is 18.2 Å². The summed E-state index contributed by atoms with van der Waals surface area (Å²) in [5, 5.41) is 2.93. The lowest BCUT2D eigenvalue weighted by Crippen LogP contribution is -2.41. The van der Waals surface area contributed by atoms with Crippen molar-refractivity contribution < 1.29 is 28.3 Å². The molecule has 1 saturated carbocycles. The lowest BCUT2D eigenvalue weighted by molar-refractivity contribution is -0.00461. The monoisotopic (exact) mass is 482 g/mol. The number of thiazole rings is 1. The molecule has 0 aliphatic heterocycles. The van der Waals surface area contributed by atoms with E-state index in [1.165, 1.54) is 16.7 Å². The second-order valence-electron chi connectivity index (χ2n) is 8.81. The van der Waals surface area contributed by atoms with Crippen LogP contribution in [-0.4, -0.2) is 46.2 Å². The Morgan fingerprint density at radius 2 is 2.12 bits per heavy atom. The van der Waals surface area contributed by atoms with Crippen LogP contribution in [0.25, 0.3) is 0 Å². The standard InChI is InChI=1S/C22H31N2O6PS/c23-22(15-30-31(25,26)27)6-5-19(13-22)17-1-2-18-12-20(4-3-16(18)11-17)29-9-8-28-14-21-24-7-10-32-21/h1-2,7,10-11,19-20H,3-6,8-9,12-15,23H2,(H2,25,26,27)/t19-,20+,22+/m1/s1. The second-order valence-corrected chi connectivity index (χ2v) is 11.0. The van der Waals surface area contributed by atoms with Gasteiger partial charge in [-0.05, 0) is 61.1 Å². The third kappa shape index (κ3) is 6.68. The van der Waals surface area contributed by atoms with Crippen molar-refractivity contribution in [3.63, 3.8) is 0 Å². The Bertz CT molecular complexity index is 937. The van der Waals surface area contributed by atoms with E-state index in [1.807, 2.05) is 5.38 Å². The Hall–Kier alpha value is -1.16. The van der Waals surface area contributed by atoms with Crippen molar-refractivity contribution in [2.45, 2.75) is 62.7 Å². The van der Waals surface area contributed by atoms with Gasteiger partial charge >= 0.3 is 7.82 Å². The first-order chi connectivity index (χ1) is 15.3. The summed E-state index contributed by atoms with van der Waals surface area (Å²) in [4.78, 5) is 22.1. The fourth-order valence-electron chi connectivity index (χ4n) is 4.68. The van der Waals surface area contributed by atoms with E-state index < -0.39 is 13.4 Å². The normalized spacial score (nSPS) is 25.7. The number of hydrogen-bond acceptors (Lipinski definition) is 7. The van der Waals surface area contributed by atoms with E-state index in [2.05, 4.69) is 27.7 Å². The van der Waals surface area contributed by atoms with Crippen molar-refractivity contribution in [2.75, 3.05) is 19.8 Å². The number of nitrogens with two attached hydrogens (primary N) is 1. The number of benzene rings is 1. The van der Waals surface area contributed by atoms with Gasteiger partial charge in [-0.3, -0.25) is 4.52 Å². The van der Waals surface area contributed by atoms with Crippen LogP contribution < -0.4 is 5.73 Å². The van der Waals surface area contributed by atoms with Crippen molar-refractivity contribution in [2.24, 2.45) is 5.73 Å². The van der Waals surface area contributed by atoms with Gasteiger partial charge in [-0.2, -0.15) is 0 Å². The van der Waals surface area contributed by atoms with Crippen molar-refractivity contribution in [1.82, 2.24) is 4.98 Å². The highest BCUT2D eigenvalue weighted by Crippen LogP contribution is 2.44. The van der Waals surface area contributed by atoms with Gasteiger partial charge in [0.1, 0.15) is 5.01 Å². The van der Waals surface area contributed by atoms with E-state index in [-0.39, 0.29) is 18.6 Å². The molecule has 1 fully saturated rings. The number of hydrogen-bond donors (Lipinski definition) is 3. The maximum atomic E-state index is 11.0. The quantitative estimate of drug-likeness (QED) is 0.348. The Labute approximate surface area is 192 Å². The van der Waals surface area contributed by atoms with Gasteiger partial charge in [-0.15, -0.1) is 11.3 Å². The first-order valence-electron chi connectivity index (χ1n) is 11.0. The molecule has 8 nitrogen and oxygen atoms in total. The molecule has 176 valence electrons. The van der Waals surface area contributed by atoms with Gasteiger partial charge in [0.15, 0.2) is 0 Å². The molecule has 10 heteroatoms. The summed E-state index contributed by atoms with van der Waals surface area (Å²) in [6.45, 7) is 1.57. The minimum Gasteiger partial charge on any atom is -0.375 e. The van der Waals surface area contributed by atoms with Gasteiger partial charge in [0.2, 0.25) is 0 Å². The number of fused-ring (bicyclic) bond motifs is 1. The summed E-state index contributed by atoms with van der Waals surface area (Å²) in [7, 11) is -4.50. The molecular formula is C22H31N2O6PS. The van der Waals surface area contributed by atoms with Crippen LogP contribution in [-0.2, 0) is 38.0 Å². The highest BCUT2D eigenvalue weighted by atomic mass is 32.1. The summed E-state index contributed by atoms with van der Waals surface area (Å²) in [5.41, 5.74) is 9.60. The van der Waals surface area contributed by atoms with E-state index in [4.69, 9.17) is 25.0 Å². The largest absolute Gasteiger partial charge is 0.469 e. The predicted octanol–water partition coefficient (Wildman–Crippen LogP) is 3.31. The molecule has 32 heavy (non-hydrogen) atoms. The average Bonchev–Trinajstić information content (AvgIpc) is 3.42. The summed E-state index contributed by atoms with van der Waals surface area (Å²) < 4.78 is 27.4. The molecule has 0 radical (unpaired) electrons. The topological polar surface area (TPSA) is 124 Å². The molecule has 2 aliphatic rings. The zero-order valence-electron chi connectivity index (χ0n) is 18.0. The molecule has 0 amide bonds. The molecule has 4 rings (SSSR count). The van der Waals surface area contributed by atoms with Crippen LogP contribution in [0, 0.1) is 0 Å². The number of rotatable bonds is 10. The van der Waals surface area contributed by atoms with Gasteiger partial charge in [0.25, 0.3) is 0 Å². The van der Waals surface area contributed by atoms with Crippen molar-refractivity contribution in [1.29, 1.82) is 0 Å². The van der Waals surface area contributed by atoms with E-state index in [9.17, 15) is 4.57 Å². The Morgan fingerprint density at radius 3 is 2.91 bits per heavy atom. The molecule has 0 bridgehead atoms. The molecule has 2 aromatic rings. The number of phosphoric ester groups is 1. The lowest BCUT2D eigenvalue weighted by atomic mass is 9.85. The number of phosphoric acid groups is 1. The molecule has 0 spiro atoms. The molecule has 3 atom stereocenters. The van der Waals surface area contributed by atoms with E-state index in [0.717, 1.165) is 30.7 Å². The van der Waals surface area contributed by atoms with E-state index in [0.29, 0.717) is 32.7 Å². The minimum absolute atomic E-state index is 0.120. The van der Waals surface area contributed by atoms with Crippen LogP contribution in [0.15, 0.2) is 29.8 Å². The maximum Gasteiger partial charge on any atom is 0.469 e. The minimum atomic E-state index is -4.50. The summed E-state index contributed by atoms with van der Waals surface area (Å²) in [6.07, 6.45) is 7.12. The SMILES string of the molecule is N[C@@]1(COP(=O)(O)O)CC[C@@H](c2ccc3c(c2)CC[C@H](OCCOCc2nccs2)C3)C1. The number of ether oxygens (including phenoxy) is 2. The highest BCUT2D eigenvalue weighted by Gasteiger charge is 2.38. The molecule has 0 unspecified atom stereocenters. The van der Waals surface area contributed by atoms with Gasteiger partial charge in [-0.25, -0.2) is 9.55 Å². The number of nitrogens with zero attached hydrogens (tertiary/aromatic N) is 1. The zero-order chi connectivity index (χ0) is 22.6. The molecule has 2 aliphatic carbocycles. The predicted molar refractivity (Wildman–Crippen MR) is 121 cm³/mol. The van der Waals surface area contributed by atoms with Crippen molar-refractivity contribution in [3.8, 4) is 0 Å².